The second-order valence-electron chi connectivity index (χ2n) is 5.64. The fourth-order valence-electron chi connectivity index (χ4n) is 2.93. The van der Waals surface area contributed by atoms with E-state index >= 15 is 0 Å². The highest BCUT2D eigenvalue weighted by atomic mass is 16.6. The molecule has 124 valence electrons. The lowest BCUT2D eigenvalue weighted by molar-refractivity contribution is -0.138. The first kappa shape index (κ1) is 15.6. The Hall–Kier alpha value is -2.28. The van der Waals surface area contributed by atoms with Crippen LogP contribution in [-0.2, 0) is 14.3 Å². The Morgan fingerprint density at radius 3 is 3.04 bits per heavy atom. The summed E-state index contributed by atoms with van der Waals surface area (Å²) in [6, 6.07) is 7.39. The molecule has 1 aromatic carbocycles. The fraction of sp³-hybridized carbons (Fsp3) is 0.500. The Morgan fingerprint density at radius 2 is 2.30 bits per heavy atom. The Kier molecular flexibility index (Phi) is 4.38. The van der Waals surface area contributed by atoms with Gasteiger partial charge in [0.2, 0.25) is 0 Å². The molecule has 0 radical (unpaired) electrons. The molecule has 1 fully saturated rings. The van der Waals surface area contributed by atoms with Crippen LogP contribution in [0.1, 0.15) is 19.8 Å². The Balaban J connectivity index is 1.81. The largest absolute Gasteiger partial charge is 0.460 e. The highest BCUT2D eigenvalue weighted by Gasteiger charge is 2.43. The number of nitrogens with one attached hydrogen (secondary N) is 2. The average molecular weight is 319 g/mol. The third-order valence-corrected chi connectivity index (χ3v) is 3.97. The fourth-order valence-corrected chi connectivity index (χ4v) is 2.93. The van der Waals surface area contributed by atoms with Gasteiger partial charge in [0.1, 0.15) is 6.61 Å². The molecule has 0 aromatic heterocycles. The number of urea groups is 1. The third kappa shape index (κ3) is 3.24. The molecule has 0 bridgehead atoms. The zero-order chi connectivity index (χ0) is 16.3. The topological polar surface area (TPSA) is 79.9 Å². The van der Waals surface area contributed by atoms with Gasteiger partial charge in [0.25, 0.3) is 0 Å². The Bertz CT molecular complexity index is 607. The van der Waals surface area contributed by atoms with Crippen LogP contribution in [-0.4, -0.2) is 44.0 Å². The van der Waals surface area contributed by atoms with E-state index in [1.54, 1.807) is 4.90 Å². The highest BCUT2D eigenvalue weighted by Crippen LogP contribution is 2.29. The molecule has 1 saturated heterocycles. The second kappa shape index (κ2) is 6.45. The van der Waals surface area contributed by atoms with Crippen molar-refractivity contribution in [3.8, 4) is 0 Å². The van der Waals surface area contributed by atoms with Crippen molar-refractivity contribution in [3.63, 3.8) is 0 Å². The first-order valence-corrected chi connectivity index (χ1v) is 7.86. The van der Waals surface area contributed by atoms with E-state index in [4.69, 9.17) is 9.47 Å². The number of para-hydroxylation sites is 2. The first-order chi connectivity index (χ1) is 11.1. The number of amides is 2. The van der Waals surface area contributed by atoms with E-state index in [1.807, 2.05) is 31.2 Å². The maximum absolute atomic E-state index is 12.8. The predicted molar refractivity (Wildman–Crippen MR) is 85.4 cm³/mol. The van der Waals surface area contributed by atoms with Crippen molar-refractivity contribution in [2.24, 2.45) is 0 Å². The summed E-state index contributed by atoms with van der Waals surface area (Å²) in [5, 5.41) is 6.17. The van der Waals surface area contributed by atoms with Crippen LogP contribution in [0, 0.1) is 0 Å². The van der Waals surface area contributed by atoms with Crippen molar-refractivity contribution in [2.75, 3.05) is 36.5 Å². The molecule has 0 unspecified atom stereocenters. The summed E-state index contributed by atoms with van der Waals surface area (Å²) < 4.78 is 10.6. The molecule has 0 aliphatic carbocycles. The molecule has 7 nitrogen and oxygen atoms in total. The number of carbonyl (C=O) groups excluding carboxylic acids is 2. The molecule has 2 aliphatic rings. The standard InChI is InChI=1S/C16H21N3O4/c1-2-23-16(10-14(20)22-11-16)18-15(21)19-9-5-8-17-12-6-3-4-7-13(12)19/h3-4,6-7,17H,2,5,8-11H2,1H3,(H,18,21)/t16-/m0/s1. The lowest BCUT2D eigenvalue weighted by Gasteiger charge is -2.31. The van der Waals surface area contributed by atoms with Crippen LogP contribution in [0.2, 0.25) is 0 Å². The van der Waals surface area contributed by atoms with E-state index in [9.17, 15) is 9.59 Å². The summed E-state index contributed by atoms with van der Waals surface area (Å²) >= 11 is 0. The van der Waals surface area contributed by atoms with Crippen molar-refractivity contribution in [2.45, 2.75) is 25.5 Å². The van der Waals surface area contributed by atoms with E-state index in [0.29, 0.717) is 13.2 Å². The molecule has 1 aromatic rings. The van der Waals surface area contributed by atoms with Gasteiger partial charge in [0.15, 0.2) is 5.72 Å². The zero-order valence-electron chi connectivity index (χ0n) is 13.1. The normalized spacial score (nSPS) is 23.5. The van der Waals surface area contributed by atoms with Crippen molar-refractivity contribution in [3.05, 3.63) is 24.3 Å². The zero-order valence-corrected chi connectivity index (χ0v) is 13.1. The summed E-state index contributed by atoms with van der Waals surface area (Å²) in [6.45, 7) is 3.64. The molecule has 2 N–H and O–H groups in total. The molecule has 0 spiro atoms. The number of fused-ring (bicyclic) bond motifs is 1. The van der Waals surface area contributed by atoms with Gasteiger partial charge in [-0.15, -0.1) is 0 Å². The third-order valence-electron chi connectivity index (χ3n) is 3.97. The maximum Gasteiger partial charge on any atom is 0.324 e. The van der Waals surface area contributed by atoms with Crippen LogP contribution in [0.3, 0.4) is 0 Å². The lowest BCUT2D eigenvalue weighted by atomic mass is 10.2. The number of cyclic esters (lactones) is 1. The van der Waals surface area contributed by atoms with Gasteiger partial charge < -0.3 is 20.1 Å². The number of hydrogen-bond donors (Lipinski definition) is 2. The second-order valence-corrected chi connectivity index (χ2v) is 5.64. The monoisotopic (exact) mass is 319 g/mol. The number of hydrogen-bond acceptors (Lipinski definition) is 5. The van der Waals surface area contributed by atoms with Gasteiger partial charge in [-0.1, -0.05) is 12.1 Å². The summed E-state index contributed by atoms with van der Waals surface area (Å²) in [5.41, 5.74) is 0.668. The van der Waals surface area contributed by atoms with Crippen LogP contribution >= 0.6 is 0 Å². The summed E-state index contributed by atoms with van der Waals surface area (Å²) in [6.07, 6.45) is 0.861. The van der Waals surface area contributed by atoms with Gasteiger partial charge >= 0.3 is 12.0 Å². The minimum Gasteiger partial charge on any atom is -0.460 e. The van der Waals surface area contributed by atoms with Crippen molar-refractivity contribution in [1.29, 1.82) is 0 Å². The molecular weight excluding hydrogens is 298 g/mol. The van der Waals surface area contributed by atoms with Gasteiger partial charge in [0.05, 0.1) is 17.8 Å². The van der Waals surface area contributed by atoms with Gasteiger partial charge in [0, 0.05) is 19.7 Å². The van der Waals surface area contributed by atoms with E-state index in [0.717, 1.165) is 24.3 Å². The number of rotatable bonds is 3. The van der Waals surface area contributed by atoms with Gasteiger partial charge in [-0.05, 0) is 25.5 Å². The van der Waals surface area contributed by atoms with Crippen LogP contribution in [0.25, 0.3) is 0 Å². The van der Waals surface area contributed by atoms with E-state index in [1.165, 1.54) is 0 Å². The molecule has 3 rings (SSSR count). The number of esters is 1. The molecule has 0 saturated carbocycles. The average Bonchev–Trinajstić information content (AvgIpc) is 2.77. The van der Waals surface area contributed by atoms with Gasteiger partial charge in [-0.25, -0.2) is 4.79 Å². The Morgan fingerprint density at radius 1 is 1.48 bits per heavy atom. The Labute approximate surface area is 134 Å². The maximum atomic E-state index is 12.8. The minimum absolute atomic E-state index is 0.0281. The molecule has 2 amide bonds. The number of anilines is 2. The molecular formula is C16H21N3O4. The molecule has 23 heavy (non-hydrogen) atoms. The predicted octanol–water partition coefficient (Wildman–Crippen LogP) is 1.70. The highest BCUT2D eigenvalue weighted by molar-refractivity contribution is 5.96. The number of benzene rings is 1. The van der Waals surface area contributed by atoms with Crippen LogP contribution in [0.15, 0.2) is 24.3 Å². The van der Waals surface area contributed by atoms with E-state index < -0.39 is 5.72 Å². The SMILES string of the molecule is CCO[C@]1(NC(=O)N2CCCNc3ccccc32)COC(=O)C1. The number of ether oxygens (including phenoxy) is 2. The van der Waals surface area contributed by atoms with Crippen molar-refractivity contribution < 1.29 is 19.1 Å². The van der Waals surface area contributed by atoms with E-state index in [-0.39, 0.29) is 25.0 Å². The van der Waals surface area contributed by atoms with Crippen LogP contribution in [0.5, 0.6) is 0 Å². The van der Waals surface area contributed by atoms with Gasteiger partial charge in [-0.3, -0.25) is 9.69 Å². The van der Waals surface area contributed by atoms with Crippen molar-refractivity contribution >= 4 is 23.4 Å². The minimum atomic E-state index is -1.07. The summed E-state index contributed by atoms with van der Waals surface area (Å²) in [7, 11) is 0. The van der Waals surface area contributed by atoms with Gasteiger partial charge in [-0.2, -0.15) is 0 Å². The lowest BCUT2D eigenvalue weighted by Crippen LogP contribution is -2.56. The van der Waals surface area contributed by atoms with Crippen LogP contribution in [0.4, 0.5) is 16.2 Å². The molecule has 1 atom stereocenters. The first-order valence-electron chi connectivity index (χ1n) is 7.86. The molecule has 2 heterocycles. The smallest absolute Gasteiger partial charge is 0.324 e. The number of carbonyl (C=O) groups is 2. The molecule has 2 aliphatic heterocycles. The van der Waals surface area contributed by atoms with Crippen molar-refractivity contribution in [1.82, 2.24) is 5.32 Å². The summed E-state index contributed by atoms with van der Waals surface area (Å²) in [4.78, 5) is 25.9. The van der Waals surface area contributed by atoms with Crippen LogP contribution < -0.4 is 15.5 Å². The number of nitrogens with zero attached hydrogens (tertiary/aromatic N) is 1. The van der Waals surface area contributed by atoms with E-state index in [2.05, 4.69) is 10.6 Å². The summed E-state index contributed by atoms with van der Waals surface area (Å²) in [5.74, 6) is -0.364. The molecule has 7 heteroatoms. The quantitative estimate of drug-likeness (QED) is 0.655.